The van der Waals surface area contributed by atoms with Crippen LogP contribution in [0.15, 0.2) is 5.16 Å². The lowest BCUT2D eigenvalue weighted by Crippen LogP contribution is -2.53. The Labute approximate surface area is 120 Å². The number of methoxy groups -OCH3 is 1. The highest BCUT2D eigenvalue weighted by molar-refractivity contribution is 6.06. The van der Waals surface area contributed by atoms with Gasteiger partial charge >= 0.3 is 0 Å². The number of amides is 1. The van der Waals surface area contributed by atoms with Crippen molar-refractivity contribution in [1.29, 1.82) is 0 Å². The van der Waals surface area contributed by atoms with E-state index in [1.165, 1.54) is 0 Å². The average molecular weight is 285 g/mol. The van der Waals surface area contributed by atoms with Crippen LogP contribution in [-0.2, 0) is 9.53 Å². The third-order valence-corrected chi connectivity index (χ3v) is 4.52. The summed E-state index contributed by atoms with van der Waals surface area (Å²) < 4.78 is 5.17. The number of likely N-dealkylation sites (tertiary alicyclic amines) is 1. The number of oxime groups is 1. The molecule has 1 aliphatic rings. The van der Waals surface area contributed by atoms with Gasteiger partial charge in [0.15, 0.2) is 5.84 Å². The topological polar surface area (TPSA) is 88.2 Å². The first-order chi connectivity index (χ1) is 9.55. The Morgan fingerprint density at radius 1 is 1.40 bits per heavy atom. The van der Waals surface area contributed by atoms with Crippen molar-refractivity contribution in [2.45, 2.75) is 39.5 Å². The number of carbonyl (C=O) groups excluding carboxylic acids is 1. The fourth-order valence-corrected chi connectivity index (χ4v) is 2.96. The SMILES string of the molecule is CCC(CC)(C(=O)N1CCC(COC)CC1)C(N)=NO. The average Bonchev–Trinajstić information content (AvgIpc) is 2.49. The van der Waals surface area contributed by atoms with Gasteiger partial charge in [-0.25, -0.2) is 0 Å². The van der Waals surface area contributed by atoms with E-state index in [0.29, 0.717) is 31.8 Å². The maximum absolute atomic E-state index is 12.8. The number of nitrogens with zero attached hydrogens (tertiary/aromatic N) is 2. The lowest BCUT2D eigenvalue weighted by Gasteiger charge is -2.38. The molecule has 0 spiro atoms. The first kappa shape index (κ1) is 16.8. The van der Waals surface area contributed by atoms with Crippen LogP contribution >= 0.6 is 0 Å². The van der Waals surface area contributed by atoms with Gasteiger partial charge in [-0.3, -0.25) is 4.79 Å². The number of amidine groups is 1. The number of hydrogen-bond acceptors (Lipinski definition) is 4. The van der Waals surface area contributed by atoms with E-state index in [1.54, 1.807) is 7.11 Å². The molecule has 116 valence electrons. The molecule has 0 saturated carbocycles. The molecule has 6 nitrogen and oxygen atoms in total. The Kier molecular flexibility index (Phi) is 6.26. The molecule has 0 unspecified atom stereocenters. The van der Waals surface area contributed by atoms with Crippen LogP contribution in [0.5, 0.6) is 0 Å². The fraction of sp³-hybridized carbons (Fsp3) is 0.857. The summed E-state index contributed by atoms with van der Waals surface area (Å²) in [5.74, 6) is 0.519. The first-order valence-corrected chi connectivity index (χ1v) is 7.32. The van der Waals surface area contributed by atoms with E-state index in [2.05, 4.69) is 5.16 Å². The van der Waals surface area contributed by atoms with Crippen molar-refractivity contribution >= 4 is 11.7 Å². The van der Waals surface area contributed by atoms with Crippen molar-refractivity contribution in [3.8, 4) is 0 Å². The van der Waals surface area contributed by atoms with Gasteiger partial charge in [0.05, 0.1) is 0 Å². The molecule has 1 rings (SSSR count). The van der Waals surface area contributed by atoms with E-state index in [0.717, 1.165) is 19.4 Å². The lowest BCUT2D eigenvalue weighted by molar-refractivity contribution is -0.140. The maximum atomic E-state index is 12.8. The van der Waals surface area contributed by atoms with Crippen LogP contribution in [0.25, 0.3) is 0 Å². The molecule has 1 amide bonds. The van der Waals surface area contributed by atoms with Gasteiger partial charge in [0, 0.05) is 26.8 Å². The van der Waals surface area contributed by atoms with E-state index in [4.69, 9.17) is 15.7 Å². The quantitative estimate of drug-likeness (QED) is 0.334. The number of piperidine rings is 1. The van der Waals surface area contributed by atoms with Crippen LogP contribution in [0, 0.1) is 11.3 Å². The van der Waals surface area contributed by atoms with Gasteiger partial charge in [0.25, 0.3) is 0 Å². The minimum Gasteiger partial charge on any atom is -0.409 e. The Hall–Kier alpha value is -1.30. The molecule has 0 radical (unpaired) electrons. The van der Waals surface area contributed by atoms with Crippen molar-refractivity contribution in [1.82, 2.24) is 4.90 Å². The largest absolute Gasteiger partial charge is 0.409 e. The van der Waals surface area contributed by atoms with Gasteiger partial charge in [0.2, 0.25) is 5.91 Å². The smallest absolute Gasteiger partial charge is 0.236 e. The number of nitrogens with two attached hydrogens (primary N) is 1. The third-order valence-electron chi connectivity index (χ3n) is 4.52. The predicted octanol–water partition coefficient (Wildman–Crippen LogP) is 1.42. The highest BCUT2D eigenvalue weighted by atomic mass is 16.5. The Morgan fingerprint density at radius 3 is 2.35 bits per heavy atom. The monoisotopic (exact) mass is 285 g/mol. The van der Waals surface area contributed by atoms with Gasteiger partial charge < -0.3 is 20.6 Å². The van der Waals surface area contributed by atoms with Crippen LogP contribution in [0.1, 0.15) is 39.5 Å². The molecular weight excluding hydrogens is 258 g/mol. The summed E-state index contributed by atoms with van der Waals surface area (Å²) in [7, 11) is 1.70. The summed E-state index contributed by atoms with van der Waals surface area (Å²) in [4.78, 5) is 14.6. The van der Waals surface area contributed by atoms with Crippen LogP contribution in [0.4, 0.5) is 0 Å². The summed E-state index contributed by atoms with van der Waals surface area (Å²) in [6, 6.07) is 0. The van der Waals surface area contributed by atoms with Crippen molar-refractivity contribution < 1.29 is 14.7 Å². The van der Waals surface area contributed by atoms with Crippen molar-refractivity contribution in [2.75, 3.05) is 26.8 Å². The third kappa shape index (κ3) is 3.23. The van der Waals surface area contributed by atoms with Gasteiger partial charge in [-0.1, -0.05) is 19.0 Å². The van der Waals surface area contributed by atoms with Crippen LogP contribution in [-0.4, -0.2) is 48.7 Å². The van der Waals surface area contributed by atoms with Crippen LogP contribution in [0.2, 0.25) is 0 Å². The molecule has 1 heterocycles. The van der Waals surface area contributed by atoms with Gasteiger partial charge in [-0.05, 0) is 31.6 Å². The molecule has 0 bridgehead atoms. The van der Waals surface area contributed by atoms with Crippen molar-refractivity contribution in [3.05, 3.63) is 0 Å². The lowest BCUT2D eigenvalue weighted by atomic mass is 9.79. The molecule has 1 fully saturated rings. The molecule has 0 aromatic heterocycles. The second-order valence-electron chi connectivity index (χ2n) is 5.47. The molecule has 1 saturated heterocycles. The highest BCUT2D eigenvalue weighted by Gasteiger charge is 2.43. The normalized spacial score (nSPS) is 18.4. The molecule has 3 N–H and O–H groups in total. The van der Waals surface area contributed by atoms with Crippen molar-refractivity contribution in [3.63, 3.8) is 0 Å². The van der Waals surface area contributed by atoms with Gasteiger partial charge in [0.1, 0.15) is 5.41 Å². The number of carbonyl (C=O) groups is 1. The zero-order chi connectivity index (χ0) is 15.2. The second kappa shape index (κ2) is 7.47. The Balaban J connectivity index is 2.78. The minimum absolute atomic E-state index is 0.0198. The standard InChI is InChI=1S/C14H27N3O3/c1-4-14(5-2,12(15)16-19)13(18)17-8-6-11(7-9-17)10-20-3/h11,19H,4-10H2,1-3H3,(H2,15,16). The van der Waals surface area contributed by atoms with Crippen LogP contribution in [0.3, 0.4) is 0 Å². The Bertz CT molecular complexity index is 346. The maximum Gasteiger partial charge on any atom is 0.236 e. The molecule has 0 aromatic carbocycles. The molecule has 6 heteroatoms. The first-order valence-electron chi connectivity index (χ1n) is 7.32. The summed E-state index contributed by atoms with van der Waals surface area (Å²) in [5.41, 5.74) is 4.92. The van der Waals surface area contributed by atoms with E-state index < -0.39 is 5.41 Å². The summed E-state index contributed by atoms with van der Waals surface area (Å²) in [6.07, 6.45) is 2.96. The summed E-state index contributed by atoms with van der Waals surface area (Å²) >= 11 is 0. The zero-order valence-electron chi connectivity index (χ0n) is 12.8. The summed E-state index contributed by atoms with van der Waals surface area (Å²) in [6.45, 7) is 5.98. The second-order valence-corrected chi connectivity index (χ2v) is 5.47. The van der Waals surface area contributed by atoms with E-state index in [-0.39, 0.29) is 11.7 Å². The fourth-order valence-electron chi connectivity index (χ4n) is 2.96. The molecular formula is C14H27N3O3. The predicted molar refractivity (Wildman–Crippen MR) is 77.6 cm³/mol. The highest BCUT2D eigenvalue weighted by Crippen LogP contribution is 2.31. The molecule has 20 heavy (non-hydrogen) atoms. The molecule has 1 aliphatic heterocycles. The molecule has 0 atom stereocenters. The van der Waals surface area contributed by atoms with Gasteiger partial charge in [-0.2, -0.15) is 0 Å². The van der Waals surface area contributed by atoms with Gasteiger partial charge in [-0.15, -0.1) is 0 Å². The number of ether oxygens (including phenoxy) is 1. The molecule has 0 aromatic rings. The van der Waals surface area contributed by atoms with E-state index in [9.17, 15) is 4.79 Å². The summed E-state index contributed by atoms with van der Waals surface area (Å²) in [5, 5.41) is 12.1. The van der Waals surface area contributed by atoms with Crippen molar-refractivity contribution in [2.24, 2.45) is 22.2 Å². The molecule has 0 aliphatic carbocycles. The van der Waals surface area contributed by atoms with E-state index in [1.807, 2.05) is 18.7 Å². The Morgan fingerprint density at radius 2 is 1.95 bits per heavy atom. The van der Waals surface area contributed by atoms with E-state index >= 15 is 0 Å². The zero-order valence-corrected chi connectivity index (χ0v) is 12.8. The van der Waals surface area contributed by atoms with Crippen LogP contribution < -0.4 is 5.73 Å². The number of hydrogen-bond donors (Lipinski definition) is 2. The minimum atomic E-state index is -0.872. The number of rotatable bonds is 6.